The third-order valence-electron chi connectivity index (χ3n) is 5.12. The molecule has 1 aliphatic heterocycles. The highest BCUT2D eigenvalue weighted by atomic mass is 32.2. The van der Waals surface area contributed by atoms with Crippen LogP contribution in [-0.2, 0) is 49.4 Å². The zero-order valence-electron chi connectivity index (χ0n) is 20.3. The predicted octanol–water partition coefficient (Wildman–Crippen LogP) is 0.545. The molecule has 1 amide bonds. The lowest BCUT2D eigenvalue weighted by atomic mass is 9.97. The molecule has 0 aromatic heterocycles. The molecule has 0 aliphatic carbocycles. The highest BCUT2D eigenvalue weighted by molar-refractivity contribution is 7.86. The lowest BCUT2D eigenvalue weighted by Gasteiger charge is -2.43. The summed E-state index contributed by atoms with van der Waals surface area (Å²) in [6.07, 6.45) is -6.76. The van der Waals surface area contributed by atoms with E-state index < -0.39 is 69.5 Å². The Morgan fingerprint density at radius 1 is 0.868 bits per heavy atom. The van der Waals surface area contributed by atoms with E-state index in [0.29, 0.717) is 18.1 Å². The van der Waals surface area contributed by atoms with Crippen molar-refractivity contribution >= 4 is 32.3 Å². The van der Waals surface area contributed by atoms with Crippen LogP contribution in [0.1, 0.15) is 15.9 Å². The lowest BCUT2D eigenvalue weighted by molar-refractivity contribution is -0.242. The van der Waals surface area contributed by atoms with E-state index in [1.54, 1.807) is 48.5 Å². The summed E-state index contributed by atoms with van der Waals surface area (Å²) >= 11 is 0. The van der Waals surface area contributed by atoms with Gasteiger partial charge in [0.25, 0.3) is 20.2 Å². The molecular weight excluding hydrogens is 546 g/mol. The van der Waals surface area contributed by atoms with Gasteiger partial charge in [0.1, 0.15) is 37.6 Å². The number of ether oxygens (including phenoxy) is 3. The van der Waals surface area contributed by atoms with E-state index in [1.165, 1.54) is 12.1 Å². The number of nitrogens with one attached hydrogen (secondary N) is 1. The van der Waals surface area contributed by atoms with Crippen LogP contribution in [0.4, 0.5) is 4.79 Å². The van der Waals surface area contributed by atoms with Crippen molar-refractivity contribution in [2.75, 3.05) is 19.1 Å². The van der Waals surface area contributed by atoms with Crippen LogP contribution in [0.5, 0.6) is 0 Å². The molecular formula is C23H27NO12S2. The van der Waals surface area contributed by atoms with Gasteiger partial charge in [-0.1, -0.05) is 48.5 Å². The van der Waals surface area contributed by atoms with Crippen molar-refractivity contribution in [2.45, 2.75) is 37.3 Å². The van der Waals surface area contributed by atoms with E-state index in [-0.39, 0.29) is 12.2 Å². The maximum absolute atomic E-state index is 12.5. The molecule has 1 saturated heterocycles. The topological polar surface area (TPSA) is 181 Å². The number of alkyl carbamates (subject to hydrolysis) is 1. The second-order valence-electron chi connectivity index (χ2n) is 8.29. The Morgan fingerprint density at radius 3 is 2.00 bits per heavy atom. The van der Waals surface area contributed by atoms with Crippen LogP contribution in [0.25, 0.3) is 0 Å². The van der Waals surface area contributed by atoms with Crippen molar-refractivity contribution in [3.8, 4) is 0 Å². The summed E-state index contributed by atoms with van der Waals surface area (Å²) in [4.78, 5) is 24.8. The Balaban J connectivity index is 1.82. The molecule has 0 saturated carbocycles. The molecule has 0 unspecified atom stereocenters. The predicted molar refractivity (Wildman–Crippen MR) is 131 cm³/mol. The minimum Gasteiger partial charge on any atom is -0.459 e. The van der Waals surface area contributed by atoms with E-state index >= 15 is 0 Å². The number of aliphatic hydroxyl groups excluding tert-OH is 1. The molecule has 1 heterocycles. The van der Waals surface area contributed by atoms with Crippen LogP contribution < -0.4 is 5.32 Å². The van der Waals surface area contributed by atoms with Crippen LogP contribution in [-0.4, -0.2) is 83.8 Å². The maximum Gasteiger partial charge on any atom is 0.407 e. The van der Waals surface area contributed by atoms with E-state index in [9.17, 15) is 31.5 Å². The average Bonchev–Trinajstić information content (AvgIpc) is 2.85. The molecule has 2 aromatic rings. The molecule has 38 heavy (non-hydrogen) atoms. The van der Waals surface area contributed by atoms with Gasteiger partial charge in [-0.25, -0.2) is 9.59 Å². The number of rotatable bonds is 10. The molecule has 3 rings (SSSR count). The van der Waals surface area contributed by atoms with E-state index in [4.69, 9.17) is 22.6 Å². The SMILES string of the molecule is CS(=O)(=O)O[C@@H]1[C@@H](NC(=O)OCc2ccccc2)[C@@H](O)O[C@H](COC(=O)c2ccccc2)[C@H]1OS(C)(=O)=O. The minimum absolute atomic E-state index is 0.157. The van der Waals surface area contributed by atoms with Gasteiger partial charge < -0.3 is 24.6 Å². The first-order valence-electron chi connectivity index (χ1n) is 11.1. The van der Waals surface area contributed by atoms with Gasteiger partial charge in [-0.15, -0.1) is 0 Å². The van der Waals surface area contributed by atoms with Gasteiger partial charge in [-0.3, -0.25) is 8.37 Å². The van der Waals surface area contributed by atoms with Crippen LogP contribution in [0, 0.1) is 0 Å². The van der Waals surface area contributed by atoms with Gasteiger partial charge in [0.05, 0.1) is 18.1 Å². The quantitative estimate of drug-likeness (QED) is 0.298. The van der Waals surface area contributed by atoms with Crippen molar-refractivity contribution in [1.29, 1.82) is 0 Å². The highest BCUT2D eigenvalue weighted by Gasteiger charge is 2.51. The summed E-state index contributed by atoms with van der Waals surface area (Å²) in [5.74, 6) is -0.799. The fourth-order valence-corrected chi connectivity index (χ4v) is 4.83. The first-order chi connectivity index (χ1) is 17.8. The van der Waals surface area contributed by atoms with Crippen molar-refractivity contribution in [3.05, 3.63) is 71.8 Å². The largest absolute Gasteiger partial charge is 0.459 e. The number of carbonyl (C=O) groups is 2. The second kappa shape index (κ2) is 12.6. The molecule has 5 atom stereocenters. The smallest absolute Gasteiger partial charge is 0.407 e. The molecule has 0 radical (unpaired) electrons. The zero-order chi connectivity index (χ0) is 27.9. The molecule has 2 N–H and O–H groups in total. The van der Waals surface area contributed by atoms with E-state index in [1.807, 2.05) is 0 Å². The molecule has 208 valence electrons. The van der Waals surface area contributed by atoms with Gasteiger partial charge in [-0.2, -0.15) is 16.8 Å². The van der Waals surface area contributed by atoms with Crippen molar-refractivity contribution in [2.24, 2.45) is 0 Å². The zero-order valence-corrected chi connectivity index (χ0v) is 22.0. The van der Waals surface area contributed by atoms with Crippen molar-refractivity contribution in [3.63, 3.8) is 0 Å². The standard InChI is InChI=1S/C23H27NO12S2/c1-37(28,29)35-19-17(14-32-21(25)16-11-7-4-8-12-16)34-22(26)18(20(19)36-38(2,30)31)24-23(27)33-13-15-9-5-3-6-10-15/h3-12,17-20,22,26H,13-14H2,1-2H3,(H,24,27)/t17-,18-,19-,20-,22+/m1/s1. The van der Waals surface area contributed by atoms with Gasteiger partial charge in [0.15, 0.2) is 6.29 Å². The Hall–Kier alpha value is -3.08. The number of hydrogen-bond donors (Lipinski definition) is 2. The van der Waals surface area contributed by atoms with Crippen molar-refractivity contribution < 1.29 is 54.1 Å². The monoisotopic (exact) mass is 573 g/mol. The molecule has 1 fully saturated rings. The van der Waals surface area contributed by atoms with Crippen LogP contribution in [0.15, 0.2) is 60.7 Å². The third-order valence-corrected chi connectivity index (χ3v) is 6.27. The Morgan fingerprint density at radius 2 is 1.42 bits per heavy atom. The number of aliphatic hydroxyl groups is 1. The highest BCUT2D eigenvalue weighted by Crippen LogP contribution is 2.28. The van der Waals surface area contributed by atoms with Gasteiger partial charge in [-0.05, 0) is 17.7 Å². The Labute approximate surface area is 219 Å². The maximum atomic E-state index is 12.5. The molecule has 13 nitrogen and oxygen atoms in total. The van der Waals surface area contributed by atoms with E-state index in [2.05, 4.69) is 5.32 Å². The normalized spacial score (nSPS) is 23.8. The Bertz CT molecular complexity index is 1300. The van der Waals surface area contributed by atoms with Gasteiger partial charge in [0.2, 0.25) is 0 Å². The number of benzene rings is 2. The fraction of sp³-hybridized carbons (Fsp3) is 0.391. The summed E-state index contributed by atoms with van der Waals surface area (Å²) in [5, 5.41) is 12.9. The first-order valence-corrected chi connectivity index (χ1v) is 14.7. The number of esters is 1. The summed E-state index contributed by atoms with van der Waals surface area (Å²) < 4.78 is 73.9. The van der Waals surface area contributed by atoms with E-state index in [0.717, 1.165) is 0 Å². The van der Waals surface area contributed by atoms with Crippen molar-refractivity contribution in [1.82, 2.24) is 5.32 Å². The number of carbonyl (C=O) groups excluding carboxylic acids is 2. The molecule has 0 spiro atoms. The summed E-state index contributed by atoms with van der Waals surface area (Å²) in [6.45, 7) is -0.810. The lowest BCUT2D eigenvalue weighted by Crippen LogP contribution is -2.66. The molecule has 1 aliphatic rings. The molecule has 2 aromatic carbocycles. The third kappa shape index (κ3) is 9.04. The summed E-state index contributed by atoms with van der Waals surface area (Å²) in [5.41, 5.74) is 0.819. The average molecular weight is 574 g/mol. The molecule has 0 bridgehead atoms. The number of amides is 1. The second-order valence-corrected chi connectivity index (χ2v) is 11.5. The number of hydrogen-bond acceptors (Lipinski definition) is 12. The summed E-state index contributed by atoms with van der Waals surface area (Å²) in [7, 11) is -8.57. The van der Waals surface area contributed by atoms with Crippen LogP contribution in [0.3, 0.4) is 0 Å². The van der Waals surface area contributed by atoms with Gasteiger partial charge in [0, 0.05) is 0 Å². The summed E-state index contributed by atoms with van der Waals surface area (Å²) in [6, 6.07) is 14.7. The Kier molecular flexibility index (Phi) is 9.81. The van der Waals surface area contributed by atoms with Gasteiger partial charge >= 0.3 is 12.1 Å². The molecule has 15 heteroatoms. The van der Waals surface area contributed by atoms with Crippen LogP contribution in [0.2, 0.25) is 0 Å². The fourth-order valence-electron chi connectivity index (χ4n) is 3.56. The van der Waals surface area contributed by atoms with Crippen LogP contribution >= 0.6 is 0 Å². The minimum atomic E-state index is -4.30. The first kappa shape index (κ1) is 29.5.